The molecule has 8 heavy (non-hydrogen) atoms. The summed E-state index contributed by atoms with van der Waals surface area (Å²) in [6.07, 6.45) is 1.76. The zero-order chi connectivity index (χ0) is 6.41. The van der Waals surface area contributed by atoms with Crippen LogP contribution in [0.25, 0.3) is 0 Å². The van der Waals surface area contributed by atoms with Gasteiger partial charge in [-0.2, -0.15) is 0 Å². The lowest BCUT2D eigenvalue weighted by molar-refractivity contribution is -0.109. The summed E-state index contributed by atoms with van der Waals surface area (Å²) in [6.45, 7) is 5.91. The fourth-order valence-electron chi connectivity index (χ4n) is 0.321. The van der Waals surface area contributed by atoms with E-state index >= 15 is 0 Å². The zero-order valence-corrected chi connectivity index (χ0v) is 5.35. The number of carbonyl (C=O) groups excluding carboxylic acids is 1. The standard InChI is InChI=1S/C6H12NO/c1-3-6(2)4-7-5-8/h4-6H,3H2,1-2H3,(H,7,8)/t6-/m0/s1. The van der Waals surface area contributed by atoms with Gasteiger partial charge in [-0.25, -0.2) is 0 Å². The van der Waals surface area contributed by atoms with Crippen molar-refractivity contribution in [1.29, 1.82) is 0 Å². The number of nitrogens with one attached hydrogen (secondary N) is 1. The lowest BCUT2D eigenvalue weighted by Gasteiger charge is -2.03. The zero-order valence-electron chi connectivity index (χ0n) is 5.35. The molecule has 0 fully saturated rings. The van der Waals surface area contributed by atoms with Gasteiger partial charge in [0.25, 0.3) is 0 Å². The number of hydrogen-bond donors (Lipinski definition) is 1. The SMILES string of the molecule is CC[C@H](C)[CH]NC=O. The van der Waals surface area contributed by atoms with Crippen LogP contribution in [0, 0.1) is 12.5 Å². The summed E-state index contributed by atoms with van der Waals surface area (Å²) in [5.74, 6) is 0.486. The molecule has 0 unspecified atom stereocenters. The molecule has 0 saturated carbocycles. The topological polar surface area (TPSA) is 29.1 Å². The molecule has 1 N–H and O–H groups in total. The molecule has 0 aromatic carbocycles. The fraction of sp³-hybridized carbons (Fsp3) is 0.667. The number of carbonyl (C=O) groups is 1. The highest BCUT2D eigenvalue weighted by atomic mass is 16.1. The van der Waals surface area contributed by atoms with E-state index in [9.17, 15) is 4.79 Å². The van der Waals surface area contributed by atoms with Crippen LogP contribution in [-0.2, 0) is 4.79 Å². The molecule has 0 bridgehead atoms. The van der Waals surface area contributed by atoms with E-state index in [1.807, 2.05) is 0 Å². The second-order valence-electron chi connectivity index (χ2n) is 1.84. The van der Waals surface area contributed by atoms with Gasteiger partial charge >= 0.3 is 0 Å². The molecule has 0 aliphatic rings. The molecule has 47 valence electrons. The lowest BCUT2D eigenvalue weighted by atomic mass is 10.1. The Hall–Kier alpha value is -0.530. The fourth-order valence-corrected chi connectivity index (χ4v) is 0.321. The molecule has 2 nitrogen and oxygen atoms in total. The van der Waals surface area contributed by atoms with Crippen molar-refractivity contribution in [3.8, 4) is 0 Å². The van der Waals surface area contributed by atoms with Crippen LogP contribution in [0.4, 0.5) is 0 Å². The van der Waals surface area contributed by atoms with Gasteiger partial charge in [-0.15, -0.1) is 0 Å². The van der Waals surface area contributed by atoms with Crippen molar-refractivity contribution in [2.75, 3.05) is 0 Å². The third kappa shape index (κ3) is 3.65. The van der Waals surface area contributed by atoms with Crippen LogP contribution < -0.4 is 5.32 Å². The van der Waals surface area contributed by atoms with Gasteiger partial charge < -0.3 is 5.32 Å². The Morgan fingerprint density at radius 3 is 2.75 bits per heavy atom. The average molecular weight is 114 g/mol. The van der Waals surface area contributed by atoms with Crippen molar-refractivity contribution in [2.45, 2.75) is 20.3 Å². The van der Waals surface area contributed by atoms with Gasteiger partial charge in [-0.3, -0.25) is 4.79 Å². The van der Waals surface area contributed by atoms with Gasteiger partial charge in [0.05, 0.1) is 6.54 Å². The maximum atomic E-state index is 9.68. The summed E-state index contributed by atoms with van der Waals surface area (Å²) in [5.41, 5.74) is 0. The van der Waals surface area contributed by atoms with E-state index in [-0.39, 0.29) is 0 Å². The number of amides is 1. The monoisotopic (exact) mass is 114 g/mol. The first kappa shape index (κ1) is 7.47. The third-order valence-electron chi connectivity index (χ3n) is 1.09. The third-order valence-corrected chi connectivity index (χ3v) is 1.09. The molecule has 0 aliphatic heterocycles. The van der Waals surface area contributed by atoms with Crippen LogP contribution in [-0.4, -0.2) is 6.41 Å². The number of rotatable bonds is 4. The van der Waals surface area contributed by atoms with Crippen molar-refractivity contribution in [3.63, 3.8) is 0 Å². The molecular formula is C6H12NO. The summed E-state index contributed by atoms with van der Waals surface area (Å²) < 4.78 is 0. The quantitative estimate of drug-likeness (QED) is 0.541. The smallest absolute Gasteiger partial charge is 0.207 e. The van der Waals surface area contributed by atoms with E-state index < -0.39 is 0 Å². The van der Waals surface area contributed by atoms with Crippen molar-refractivity contribution in [1.82, 2.24) is 5.32 Å². The molecule has 1 amide bonds. The van der Waals surface area contributed by atoms with E-state index in [1.54, 1.807) is 6.54 Å². The summed E-state index contributed by atoms with van der Waals surface area (Å²) in [6, 6.07) is 0. The van der Waals surface area contributed by atoms with Crippen molar-refractivity contribution in [2.24, 2.45) is 5.92 Å². The van der Waals surface area contributed by atoms with Gasteiger partial charge in [-0.05, 0) is 5.92 Å². The highest BCUT2D eigenvalue weighted by molar-refractivity contribution is 5.47. The van der Waals surface area contributed by atoms with Crippen molar-refractivity contribution in [3.05, 3.63) is 6.54 Å². The lowest BCUT2D eigenvalue weighted by Crippen LogP contribution is -2.11. The van der Waals surface area contributed by atoms with Crippen LogP contribution in [0.3, 0.4) is 0 Å². The van der Waals surface area contributed by atoms with E-state index in [2.05, 4.69) is 19.2 Å². The van der Waals surface area contributed by atoms with Gasteiger partial charge in [0.2, 0.25) is 6.41 Å². The molecule has 0 aliphatic carbocycles. The average Bonchev–Trinajstić information content (AvgIpc) is 1.83. The van der Waals surface area contributed by atoms with E-state index in [0.29, 0.717) is 12.3 Å². The maximum Gasteiger partial charge on any atom is 0.207 e. The second kappa shape index (κ2) is 4.62. The van der Waals surface area contributed by atoms with Gasteiger partial charge in [0.1, 0.15) is 0 Å². The van der Waals surface area contributed by atoms with Crippen LogP contribution in [0.1, 0.15) is 20.3 Å². The van der Waals surface area contributed by atoms with Crippen LogP contribution >= 0.6 is 0 Å². The molecule has 1 atom stereocenters. The summed E-state index contributed by atoms with van der Waals surface area (Å²) in [4.78, 5) is 9.68. The first-order valence-electron chi connectivity index (χ1n) is 2.84. The molecule has 0 aromatic rings. The molecule has 0 aromatic heterocycles. The molecule has 0 spiro atoms. The van der Waals surface area contributed by atoms with E-state index in [4.69, 9.17) is 0 Å². The molecule has 2 heteroatoms. The minimum Gasteiger partial charge on any atom is -0.354 e. The Morgan fingerprint density at radius 1 is 1.75 bits per heavy atom. The van der Waals surface area contributed by atoms with Crippen LogP contribution in [0.2, 0.25) is 0 Å². The number of hydrogen-bond acceptors (Lipinski definition) is 1. The largest absolute Gasteiger partial charge is 0.354 e. The summed E-state index contributed by atoms with van der Waals surface area (Å²) in [7, 11) is 0. The molecule has 0 saturated heterocycles. The highest BCUT2D eigenvalue weighted by Gasteiger charge is 1.94. The summed E-state index contributed by atoms with van der Waals surface area (Å²) in [5, 5.41) is 2.49. The Balaban J connectivity index is 2.97. The van der Waals surface area contributed by atoms with Gasteiger partial charge in [0.15, 0.2) is 0 Å². The van der Waals surface area contributed by atoms with Crippen LogP contribution in [0.15, 0.2) is 0 Å². The second-order valence-corrected chi connectivity index (χ2v) is 1.84. The molecule has 0 rings (SSSR count). The maximum absolute atomic E-state index is 9.68. The molecular weight excluding hydrogens is 102 g/mol. The minimum atomic E-state index is 0.486. The first-order valence-corrected chi connectivity index (χ1v) is 2.84. The van der Waals surface area contributed by atoms with Crippen LogP contribution in [0.5, 0.6) is 0 Å². The van der Waals surface area contributed by atoms with Crippen molar-refractivity contribution < 1.29 is 4.79 Å². The Kier molecular flexibility index (Phi) is 4.32. The van der Waals surface area contributed by atoms with Crippen molar-refractivity contribution >= 4 is 6.41 Å². The van der Waals surface area contributed by atoms with Gasteiger partial charge in [0, 0.05) is 0 Å². The predicted octanol–water partition coefficient (Wildman–Crippen LogP) is 0.940. The Labute approximate surface area is 50.3 Å². The first-order chi connectivity index (χ1) is 3.81. The molecule has 1 radical (unpaired) electrons. The highest BCUT2D eigenvalue weighted by Crippen LogP contribution is 1.99. The Bertz CT molecular complexity index is 63.5. The normalized spacial score (nSPS) is 12.8. The minimum absolute atomic E-state index is 0.486. The van der Waals surface area contributed by atoms with Gasteiger partial charge in [-0.1, -0.05) is 20.3 Å². The summed E-state index contributed by atoms with van der Waals surface area (Å²) >= 11 is 0. The van der Waals surface area contributed by atoms with E-state index in [0.717, 1.165) is 6.42 Å². The molecule has 0 heterocycles. The Morgan fingerprint density at radius 2 is 2.38 bits per heavy atom. The van der Waals surface area contributed by atoms with E-state index in [1.165, 1.54) is 0 Å². The predicted molar refractivity (Wildman–Crippen MR) is 33.0 cm³/mol.